The minimum absolute atomic E-state index is 0.439. The summed E-state index contributed by atoms with van der Waals surface area (Å²) in [5.41, 5.74) is 3.18. The zero-order valence-electron chi connectivity index (χ0n) is 13.9. The van der Waals surface area contributed by atoms with Gasteiger partial charge in [0.25, 0.3) is 0 Å². The molecular formula is C20H22N2O2. The minimum atomic E-state index is 0.439. The fraction of sp³-hybridized carbons (Fsp3) is 0.250. The van der Waals surface area contributed by atoms with E-state index in [1.165, 1.54) is 0 Å². The van der Waals surface area contributed by atoms with Gasteiger partial charge in [-0.05, 0) is 30.2 Å². The second-order valence-electron chi connectivity index (χ2n) is 5.64. The van der Waals surface area contributed by atoms with Gasteiger partial charge in [0.15, 0.2) is 0 Å². The third-order valence-electron chi connectivity index (χ3n) is 3.81. The molecule has 0 spiro atoms. The molecule has 3 rings (SSSR count). The summed E-state index contributed by atoms with van der Waals surface area (Å²) in [6, 6.07) is 16.1. The number of aromatic nitrogens is 1. The van der Waals surface area contributed by atoms with Crippen LogP contribution in [0.2, 0.25) is 0 Å². The molecule has 0 unspecified atom stereocenters. The van der Waals surface area contributed by atoms with E-state index in [4.69, 9.17) is 9.57 Å². The molecule has 0 aliphatic heterocycles. The summed E-state index contributed by atoms with van der Waals surface area (Å²) < 4.78 is 5.64. The predicted molar refractivity (Wildman–Crippen MR) is 97.5 cm³/mol. The lowest BCUT2D eigenvalue weighted by Crippen LogP contribution is -1.96. The van der Waals surface area contributed by atoms with E-state index in [1.807, 2.05) is 48.7 Å². The number of benzene rings is 2. The fourth-order valence-corrected chi connectivity index (χ4v) is 2.42. The second-order valence-corrected chi connectivity index (χ2v) is 5.64. The number of hydrogen-bond acceptors (Lipinski definition) is 3. The Morgan fingerprint density at radius 1 is 1.08 bits per heavy atom. The SMILES string of the molecule is CCCCOc1ccc(CO/N=C/c2c[nH]c3ccccc23)cc1. The van der Waals surface area contributed by atoms with Gasteiger partial charge < -0.3 is 14.6 Å². The fourth-order valence-electron chi connectivity index (χ4n) is 2.42. The number of nitrogens with one attached hydrogen (secondary N) is 1. The monoisotopic (exact) mass is 322 g/mol. The normalized spacial score (nSPS) is 11.2. The standard InChI is InChI=1S/C20H22N2O2/c1-2-3-12-23-18-10-8-16(9-11-18)15-24-22-14-17-13-21-20-7-5-4-6-19(17)20/h4-11,13-14,21H,2-3,12,15H2,1H3/b22-14+. The van der Waals surface area contributed by atoms with Crippen LogP contribution in [0.4, 0.5) is 0 Å². The lowest BCUT2D eigenvalue weighted by atomic mass is 10.2. The summed E-state index contributed by atoms with van der Waals surface area (Å²) in [7, 11) is 0. The third-order valence-corrected chi connectivity index (χ3v) is 3.81. The Morgan fingerprint density at radius 3 is 2.75 bits per heavy atom. The van der Waals surface area contributed by atoms with E-state index in [0.29, 0.717) is 6.61 Å². The molecule has 1 aromatic heterocycles. The van der Waals surface area contributed by atoms with Crippen LogP contribution in [0.5, 0.6) is 5.75 Å². The molecular weight excluding hydrogens is 300 g/mol. The Labute approximate surface area is 142 Å². The van der Waals surface area contributed by atoms with E-state index in [9.17, 15) is 0 Å². The van der Waals surface area contributed by atoms with Crippen molar-refractivity contribution < 1.29 is 9.57 Å². The topological polar surface area (TPSA) is 46.6 Å². The van der Waals surface area contributed by atoms with E-state index >= 15 is 0 Å². The van der Waals surface area contributed by atoms with Crippen molar-refractivity contribution in [1.29, 1.82) is 0 Å². The molecule has 124 valence electrons. The largest absolute Gasteiger partial charge is 0.494 e. The van der Waals surface area contributed by atoms with Crippen molar-refractivity contribution >= 4 is 17.1 Å². The van der Waals surface area contributed by atoms with E-state index in [1.54, 1.807) is 6.21 Å². The van der Waals surface area contributed by atoms with Crippen molar-refractivity contribution in [1.82, 2.24) is 4.98 Å². The number of fused-ring (bicyclic) bond motifs is 1. The molecule has 0 radical (unpaired) electrons. The molecule has 0 amide bonds. The van der Waals surface area contributed by atoms with Crippen molar-refractivity contribution in [2.75, 3.05) is 6.61 Å². The molecule has 0 bridgehead atoms. The number of nitrogens with zero attached hydrogens (tertiary/aromatic N) is 1. The first-order valence-electron chi connectivity index (χ1n) is 8.30. The van der Waals surface area contributed by atoms with Crippen LogP contribution in [-0.2, 0) is 11.4 Å². The third kappa shape index (κ3) is 4.16. The van der Waals surface area contributed by atoms with Crippen LogP contribution in [0.15, 0.2) is 59.9 Å². The van der Waals surface area contributed by atoms with E-state index in [2.05, 4.69) is 23.1 Å². The molecule has 0 atom stereocenters. The van der Waals surface area contributed by atoms with Gasteiger partial charge in [0, 0.05) is 22.7 Å². The number of ether oxygens (including phenoxy) is 1. The van der Waals surface area contributed by atoms with Gasteiger partial charge in [-0.2, -0.15) is 0 Å². The van der Waals surface area contributed by atoms with Crippen molar-refractivity contribution in [2.24, 2.45) is 5.16 Å². The zero-order chi connectivity index (χ0) is 16.6. The first-order valence-corrected chi connectivity index (χ1v) is 8.30. The van der Waals surface area contributed by atoms with Crippen LogP contribution in [0, 0.1) is 0 Å². The number of hydrogen-bond donors (Lipinski definition) is 1. The van der Waals surface area contributed by atoms with Gasteiger partial charge in [-0.25, -0.2) is 0 Å². The van der Waals surface area contributed by atoms with Gasteiger partial charge in [0.2, 0.25) is 0 Å². The Bertz CT molecular complexity index is 791. The highest BCUT2D eigenvalue weighted by atomic mass is 16.6. The lowest BCUT2D eigenvalue weighted by molar-refractivity contribution is 0.132. The van der Waals surface area contributed by atoms with E-state index in [0.717, 1.165) is 47.2 Å². The summed E-state index contributed by atoms with van der Waals surface area (Å²) in [5.74, 6) is 0.898. The van der Waals surface area contributed by atoms with Crippen molar-refractivity contribution in [3.63, 3.8) is 0 Å². The number of oxime groups is 1. The lowest BCUT2D eigenvalue weighted by Gasteiger charge is -2.06. The Balaban J connectivity index is 1.51. The molecule has 0 saturated carbocycles. The average molecular weight is 322 g/mol. The Morgan fingerprint density at radius 2 is 1.92 bits per heavy atom. The second kappa shape index (κ2) is 8.20. The van der Waals surface area contributed by atoms with Gasteiger partial charge in [-0.1, -0.05) is 48.8 Å². The maximum atomic E-state index is 5.64. The Kier molecular flexibility index (Phi) is 5.51. The number of H-pyrrole nitrogens is 1. The summed E-state index contributed by atoms with van der Waals surface area (Å²) in [4.78, 5) is 8.61. The number of para-hydroxylation sites is 1. The number of aromatic amines is 1. The van der Waals surface area contributed by atoms with Gasteiger partial charge >= 0.3 is 0 Å². The van der Waals surface area contributed by atoms with Crippen LogP contribution >= 0.6 is 0 Å². The van der Waals surface area contributed by atoms with Gasteiger partial charge in [-0.3, -0.25) is 0 Å². The summed E-state index contributed by atoms with van der Waals surface area (Å²) in [6.07, 6.45) is 5.88. The van der Waals surface area contributed by atoms with Gasteiger partial charge in [-0.15, -0.1) is 0 Å². The molecule has 0 aliphatic carbocycles. The highest BCUT2D eigenvalue weighted by Gasteiger charge is 2.00. The number of rotatable bonds is 8. The molecule has 0 aliphatic rings. The average Bonchev–Trinajstić information content (AvgIpc) is 3.03. The molecule has 1 N–H and O–H groups in total. The zero-order valence-corrected chi connectivity index (χ0v) is 13.9. The summed E-state index contributed by atoms with van der Waals surface area (Å²) in [6.45, 7) is 3.36. The Hall–Kier alpha value is -2.75. The van der Waals surface area contributed by atoms with Crippen molar-refractivity contribution in [3.05, 3.63) is 65.9 Å². The predicted octanol–water partition coefficient (Wildman–Crippen LogP) is 4.90. The number of unbranched alkanes of at least 4 members (excludes halogenated alkanes) is 1. The van der Waals surface area contributed by atoms with Crippen molar-refractivity contribution in [3.8, 4) is 5.75 Å². The van der Waals surface area contributed by atoms with Crippen LogP contribution in [0.25, 0.3) is 10.9 Å². The first-order chi connectivity index (χ1) is 11.9. The quantitative estimate of drug-likeness (QED) is 0.364. The highest BCUT2D eigenvalue weighted by Crippen LogP contribution is 2.16. The molecule has 0 fully saturated rings. The van der Waals surface area contributed by atoms with Gasteiger partial charge in [0.1, 0.15) is 12.4 Å². The maximum Gasteiger partial charge on any atom is 0.142 e. The molecule has 4 heteroatoms. The molecule has 24 heavy (non-hydrogen) atoms. The molecule has 3 aromatic rings. The van der Waals surface area contributed by atoms with Crippen molar-refractivity contribution in [2.45, 2.75) is 26.4 Å². The smallest absolute Gasteiger partial charge is 0.142 e. The molecule has 2 aromatic carbocycles. The van der Waals surface area contributed by atoms with Crippen LogP contribution in [-0.4, -0.2) is 17.8 Å². The minimum Gasteiger partial charge on any atom is -0.494 e. The summed E-state index contributed by atoms with van der Waals surface area (Å²) in [5, 5.41) is 5.20. The molecule has 1 heterocycles. The first kappa shape index (κ1) is 16.1. The van der Waals surface area contributed by atoms with Crippen LogP contribution in [0.1, 0.15) is 30.9 Å². The van der Waals surface area contributed by atoms with Crippen LogP contribution < -0.4 is 4.74 Å². The summed E-state index contributed by atoms with van der Waals surface area (Å²) >= 11 is 0. The van der Waals surface area contributed by atoms with E-state index in [-0.39, 0.29) is 0 Å². The van der Waals surface area contributed by atoms with Gasteiger partial charge in [0.05, 0.1) is 12.8 Å². The highest BCUT2D eigenvalue weighted by molar-refractivity contribution is 5.98. The maximum absolute atomic E-state index is 5.64. The van der Waals surface area contributed by atoms with Crippen LogP contribution in [0.3, 0.4) is 0 Å². The molecule has 4 nitrogen and oxygen atoms in total. The molecule has 0 saturated heterocycles. The van der Waals surface area contributed by atoms with E-state index < -0.39 is 0 Å².